The molecule has 0 N–H and O–H groups in total. The summed E-state index contributed by atoms with van der Waals surface area (Å²) in [6.07, 6.45) is 2.17. The van der Waals surface area contributed by atoms with Crippen LogP contribution in [0.4, 0.5) is 0 Å². The summed E-state index contributed by atoms with van der Waals surface area (Å²) < 4.78 is 3.45. The normalized spacial score (nSPS) is 12.4. The highest BCUT2D eigenvalue weighted by Gasteiger charge is 2.19. The van der Waals surface area contributed by atoms with Crippen molar-refractivity contribution < 1.29 is 0 Å². The summed E-state index contributed by atoms with van der Waals surface area (Å²) in [5.41, 5.74) is 8.33. The Morgan fingerprint density at radius 1 is 0.732 bits per heavy atom. The summed E-state index contributed by atoms with van der Waals surface area (Å²) in [6.45, 7) is 6.50. The van der Waals surface area contributed by atoms with E-state index in [1.54, 1.807) is 11.3 Å². The van der Waals surface area contributed by atoms with Crippen LogP contribution in [0.2, 0.25) is 0 Å². The highest BCUT2D eigenvalue weighted by molar-refractivity contribution is 7.22. The van der Waals surface area contributed by atoms with E-state index in [0.717, 1.165) is 49.7 Å². The minimum atomic E-state index is 0.717. The smallest absolute Gasteiger partial charge is 0.138 e. The maximum absolute atomic E-state index is 5.18. The fourth-order valence-corrected chi connectivity index (χ4v) is 6.47. The second-order valence-corrected chi connectivity index (χ2v) is 11.0. The van der Waals surface area contributed by atoms with Crippen LogP contribution in [0.15, 0.2) is 145 Å². The van der Waals surface area contributed by atoms with Gasteiger partial charge in [0.1, 0.15) is 10.8 Å². The topological polar surface area (TPSA) is 30.2 Å². The fraction of sp³-hybridized carbons (Fsp3) is 0.0270. The molecule has 0 spiro atoms. The second kappa shape index (κ2) is 10.5. The van der Waals surface area contributed by atoms with E-state index >= 15 is 0 Å². The van der Waals surface area contributed by atoms with Gasteiger partial charge in [0.15, 0.2) is 0 Å². The van der Waals surface area contributed by atoms with Crippen LogP contribution in [0.1, 0.15) is 18.1 Å². The number of aromatic nitrogens is 2. The van der Waals surface area contributed by atoms with Crippen molar-refractivity contribution in [2.24, 2.45) is 4.99 Å². The molecule has 41 heavy (non-hydrogen) atoms. The molecular weight excluding hydrogens is 518 g/mol. The fourth-order valence-electron chi connectivity index (χ4n) is 5.35. The monoisotopic (exact) mass is 545 g/mol. The maximum atomic E-state index is 5.18. The van der Waals surface area contributed by atoms with Gasteiger partial charge in [0.25, 0.3) is 0 Å². The molecule has 0 radical (unpaired) electrons. The Hall–Kier alpha value is -5.06. The lowest BCUT2D eigenvalue weighted by Crippen LogP contribution is -2.10. The molecule has 0 atom stereocenters. The molecule has 0 amide bonds. The highest BCUT2D eigenvalue weighted by atomic mass is 32.1. The van der Waals surface area contributed by atoms with Crippen molar-refractivity contribution in [1.29, 1.82) is 0 Å². The van der Waals surface area contributed by atoms with Gasteiger partial charge in [-0.1, -0.05) is 116 Å². The molecule has 7 aromatic rings. The highest BCUT2D eigenvalue weighted by Crippen LogP contribution is 2.40. The van der Waals surface area contributed by atoms with Crippen LogP contribution in [0.25, 0.3) is 53.9 Å². The Kier molecular flexibility index (Phi) is 6.38. The number of aliphatic imine (C=N–C) groups is 1. The van der Waals surface area contributed by atoms with Crippen molar-refractivity contribution in [2.75, 3.05) is 0 Å². The number of nitrogens with zero attached hydrogens (tertiary/aromatic N) is 3. The van der Waals surface area contributed by atoms with Crippen molar-refractivity contribution in [1.82, 2.24) is 9.55 Å². The summed E-state index contributed by atoms with van der Waals surface area (Å²) in [6, 6.07) is 43.9. The lowest BCUT2D eigenvalue weighted by molar-refractivity contribution is 1.27. The third-order valence-corrected chi connectivity index (χ3v) is 8.51. The average molecular weight is 546 g/mol. The number of para-hydroxylation sites is 1. The predicted octanol–water partition coefficient (Wildman–Crippen LogP) is 10.1. The summed E-state index contributed by atoms with van der Waals surface area (Å²) in [5, 5.41) is 3.40. The van der Waals surface area contributed by atoms with Crippen LogP contribution >= 0.6 is 11.3 Å². The van der Waals surface area contributed by atoms with Gasteiger partial charge in [-0.25, -0.2) is 9.98 Å². The largest absolute Gasteiger partial charge is 0.294 e. The number of hydrogen-bond donors (Lipinski definition) is 0. The van der Waals surface area contributed by atoms with Gasteiger partial charge in [-0.05, 0) is 47.9 Å². The lowest BCUT2D eigenvalue weighted by Gasteiger charge is -2.11. The van der Waals surface area contributed by atoms with Crippen LogP contribution in [0.3, 0.4) is 0 Å². The zero-order valence-corrected chi connectivity index (χ0v) is 23.5. The van der Waals surface area contributed by atoms with E-state index in [0.29, 0.717) is 5.70 Å². The molecule has 0 aliphatic heterocycles. The first kappa shape index (κ1) is 24.9. The van der Waals surface area contributed by atoms with E-state index < -0.39 is 0 Å². The standard InChI is InChI=1S/C37H27N3S/c1-25(27-14-6-3-7-15-27)24-34(38-26(2)28-16-8-4-9-17-28)40-32-21-13-12-20-30(32)35-33(40)23-22-31-36(35)41-37(39-31)29-18-10-5-11-19-29/h3-24H,2H2,1H3/b25-24+,38-34?. The molecule has 0 bridgehead atoms. The van der Waals surface area contributed by atoms with Crippen LogP contribution in [-0.2, 0) is 0 Å². The van der Waals surface area contributed by atoms with Gasteiger partial charge in [0, 0.05) is 16.3 Å². The Morgan fingerprint density at radius 2 is 1.37 bits per heavy atom. The zero-order valence-electron chi connectivity index (χ0n) is 22.7. The van der Waals surface area contributed by atoms with Gasteiger partial charge in [0.2, 0.25) is 0 Å². The van der Waals surface area contributed by atoms with Crippen molar-refractivity contribution in [3.05, 3.63) is 151 Å². The molecule has 2 aromatic heterocycles. The molecule has 0 aliphatic rings. The second-order valence-electron chi connectivity index (χ2n) is 10.0. The van der Waals surface area contributed by atoms with E-state index in [9.17, 15) is 0 Å². The van der Waals surface area contributed by atoms with Crippen molar-refractivity contribution in [3.63, 3.8) is 0 Å². The number of fused-ring (bicyclic) bond motifs is 5. The quantitative estimate of drug-likeness (QED) is 0.156. The molecule has 0 fully saturated rings. The van der Waals surface area contributed by atoms with Crippen molar-refractivity contribution in [3.8, 4) is 10.6 Å². The minimum Gasteiger partial charge on any atom is -0.294 e. The first-order valence-corrected chi connectivity index (χ1v) is 14.4. The van der Waals surface area contributed by atoms with Gasteiger partial charge >= 0.3 is 0 Å². The summed E-state index contributed by atoms with van der Waals surface area (Å²) in [7, 11) is 0. The maximum Gasteiger partial charge on any atom is 0.138 e. The Labute approximate surface area is 243 Å². The first-order chi connectivity index (χ1) is 20.2. The van der Waals surface area contributed by atoms with E-state index in [-0.39, 0.29) is 0 Å². The summed E-state index contributed by atoms with van der Waals surface area (Å²) in [5.74, 6) is 0.818. The third kappa shape index (κ3) is 4.58. The van der Waals surface area contributed by atoms with Crippen LogP contribution in [-0.4, -0.2) is 15.4 Å². The molecule has 2 heterocycles. The molecule has 196 valence electrons. The lowest BCUT2D eigenvalue weighted by atomic mass is 10.1. The first-order valence-electron chi connectivity index (χ1n) is 13.6. The van der Waals surface area contributed by atoms with Crippen LogP contribution < -0.4 is 0 Å². The minimum absolute atomic E-state index is 0.717. The Bertz CT molecular complexity index is 2100. The zero-order chi connectivity index (χ0) is 27.8. The number of thiazole rings is 1. The van der Waals surface area contributed by atoms with Gasteiger partial charge in [-0.2, -0.15) is 0 Å². The number of benzene rings is 5. The molecule has 0 unspecified atom stereocenters. The third-order valence-electron chi connectivity index (χ3n) is 7.37. The van der Waals surface area contributed by atoms with Gasteiger partial charge in [-0.3, -0.25) is 4.57 Å². The molecule has 5 aromatic carbocycles. The number of hydrogen-bond acceptors (Lipinski definition) is 3. The van der Waals surface area contributed by atoms with Crippen molar-refractivity contribution >= 4 is 60.5 Å². The molecular formula is C37H27N3S. The molecule has 7 rings (SSSR count). The van der Waals surface area contributed by atoms with Gasteiger partial charge in [0.05, 0.1) is 26.9 Å². The summed E-state index contributed by atoms with van der Waals surface area (Å²) >= 11 is 1.74. The Balaban J connectivity index is 1.51. The molecule has 3 nitrogen and oxygen atoms in total. The summed E-state index contributed by atoms with van der Waals surface area (Å²) in [4.78, 5) is 10.2. The molecule has 0 saturated carbocycles. The van der Waals surface area contributed by atoms with Crippen molar-refractivity contribution in [2.45, 2.75) is 6.92 Å². The van der Waals surface area contributed by atoms with Gasteiger partial charge < -0.3 is 0 Å². The molecule has 0 saturated heterocycles. The van der Waals surface area contributed by atoms with Crippen LogP contribution in [0, 0.1) is 0 Å². The number of rotatable bonds is 5. The SMILES string of the molecule is C=C(N=C(/C=C(\C)c1ccccc1)n1c2ccccc2c2c3sc(-c4ccccc4)nc3ccc21)c1ccccc1. The van der Waals surface area contributed by atoms with E-state index in [2.05, 4.69) is 121 Å². The number of allylic oxidation sites excluding steroid dienone is 2. The van der Waals surface area contributed by atoms with E-state index in [1.807, 2.05) is 30.3 Å². The van der Waals surface area contributed by atoms with E-state index in [1.165, 1.54) is 15.5 Å². The van der Waals surface area contributed by atoms with E-state index in [4.69, 9.17) is 9.98 Å². The Morgan fingerprint density at radius 3 is 2.10 bits per heavy atom. The van der Waals surface area contributed by atoms with Gasteiger partial charge in [-0.15, -0.1) is 11.3 Å². The van der Waals surface area contributed by atoms with Crippen LogP contribution in [0.5, 0.6) is 0 Å². The predicted molar refractivity (Wildman–Crippen MR) is 176 cm³/mol. The molecule has 4 heteroatoms. The molecule has 0 aliphatic carbocycles. The average Bonchev–Trinajstić information content (AvgIpc) is 3.61.